The van der Waals surface area contributed by atoms with Crippen LogP contribution in [-0.4, -0.2) is 15.4 Å². The molecule has 0 saturated carbocycles. The summed E-state index contributed by atoms with van der Waals surface area (Å²) in [5, 5.41) is 9.03. The fraction of sp³-hybridized carbons (Fsp3) is 0.182. The van der Waals surface area contributed by atoms with Gasteiger partial charge >= 0.3 is 0 Å². The number of rotatable bonds is 2. The van der Waals surface area contributed by atoms with Crippen molar-refractivity contribution in [2.45, 2.75) is 26.4 Å². The van der Waals surface area contributed by atoms with Gasteiger partial charge in [0.15, 0.2) is 0 Å². The van der Waals surface area contributed by atoms with E-state index in [-0.39, 0.29) is 5.60 Å². The Morgan fingerprint density at radius 1 is 0.667 bits per heavy atom. The molecule has 4 aromatic rings. The van der Waals surface area contributed by atoms with Crippen LogP contribution in [0.15, 0.2) is 66.7 Å². The van der Waals surface area contributed by atoms with Crippen LogP contribution < -0.4 is 5.19 Å². The molecule has 4 aromatic carbocycles. The highest BCUT2D eigenvalue weighted by molar-refractivity contribution is 6.56. The van der Waals surface area contributed by atoms with Crippen molar-refractivity contribution in [1.29, 1.82) is 0 Å². The third-order valence-electron chi connectivity index (χ3n) is 4.19. The van der Waals surface area contributed by atoms with Crippen molar-refractivity contribution in [2.75, 3.05) is 0 Å². The number of fused-ring (bicyclic) bond motifs is 3. The van der Waals surface area contributed by atoms with Crippen LogP contribution in [0.25, 0.3) is 32.3 Å². The second-order valence-corrected chi connectivity index (χ2v) is 8.12. The molecule has 2 radical (unpaired) electrons. The predicted octanol–water partition coefficient (Wildman–Crippen LogP) is 5.21. The Kier molecular flexibility index (Phi) is 3.67. The predicted molar refractivity (Wildman–Crippen MR) is 105 cm³/mol. The summed E-state index contributed by atoms with van der Waals surface area (Å²) in [6.45, 7) is 6.34. The van der Waals surface area contributed by atoms with Gasteiger partial charge in [-0.1, -0.05) is 48.5 Å². The zero-order chi connectivity index (χ0) is 16.7. The Balaban J connectivity index is 2.03. The van der Waals surface area contributed by atoms with Gasteiger partial charge < -0.3 is 4.43 Å². The van der Waals surface area contributed by atoms with E-state index in [0.717, 1.165) is 0 Å². The van der Waals surface area contributed by atoms with Crippen LogP contribution in [0.5, 0.6) is 0 Å². The molecule has 0 N–H and O–H groups in total. The Morgan fingerprint density at radius 3 is 1.96 bits per heavy atom. The summed E-state index contributed by atoms with van der Waals surface area (Å²) < 4.78 is 6.17. The molecule has 24 heavy (non-hydrogen) atoms. The number of hydrogen-bond donors (Lipinski definition) is 0. The summed E-state index contributed by atoms with van der Waals surface area (Å²) in [6.07, 6.45) is 0. The number of benzene rings is 4. The molecule has 1 nitrogen and oxygen atoms in total. The molecule has 0 amide bonds. The molecule has 2 heteroatoms. The minimum atomic E-state index is -0.140. The minimum absolute atomic E-state index is 0.140. The Hall–Kier alpha value is -2.16. The molecule has 0 unspecified atom stereocenters. The summed E-state index contributed by atoms with van der Waals surface area (Å²) in [4.78, 5) is 0. The summed E-state index contributed by atoms with van der Waals surface area (Å²) in [5.74, 6) is 0. The molecule has 0 aromatic heterocycles. The van der Waals surface area contributed by atoms with Gasteiger partial charge in [0.2, 0.25) is 0 Å². The highest BCUT2D eigenvalue weighted by Crippen LogP contribution is 2.26. The third kappa shape index (κ3) is 2.83. The number of hydrogen-bond acceptors (Lipinski definition) is 1. The van der Waals surface area contributed by atoms with Crippen LogP contribution in [0.1, 0.15) is 20.8 Å². The molecule has 0 spiro atoms. The van der Waals surface area contributed by atoms with Crippen molar-refractivity contribution in [2.24, 2.45) is 0 Å². The highest BCUT2D eigenvalue weighted by atomic mass is 28.2. The molecule has 0 atom stereocenters. The van der Waals surface area contributed by atoms with Gasteiger partial charge in [0.05, 0.1) is 0 Å². The second-order valence-electron chi connectivity index (χ2n) is 7.21. The molecule has 4 rings (SSSR count). The monoisotopic (exact) mass is 328 g/mol. The molecule has 0 heterocycles. The van der Waals surface area contributed by atoms with Crippen LogP contribution in [0, 0.1) is 0 Å². The molecule has 0 bridgehead atoms. The van der Waals surface area contributed by atoms with E-state index in [1.165, 1.54) is 37.5 Å². The van der Waals surface area contributed by atoms with Crippen LogP contribution in [0.2, 0.25) is 0 Å². The Morgan fingerprint density at radius 2 is 1.25 bits per heavy atom. The van der Waals surface area contributed by atoms with E-state index in [1.54, 1.807) is 0 Å². The van der Waals surface area contributed by atoms with E-state index in [0.29, 0.717) is 9.76 Å². The van der Waals surface area contributed by atoms with Gasteiger partial charge in [0.1, 0.15) is 0 Å². The molecule has 0 aliphatic heterocycles. The topological polar surface area (TPSA) is 9.23 Å². The third-order valence-corrected chi connectivity index (χ3v) is 5.64. The van der Waals surface area contributed by atoms with Crippen molar-refractivity contribution in [3.8, 4) is 0 Å². The second kappa shape index (κ2) is 5.73. The average molecular weight is 328 g/mol. The molecule has 0 saturated heterocycles. The molecular formula is C22H20OSi. The lowest BCUT2D eigenvalue weighted by Gasteiger charge is -2.21. The standard InChI is InChI=1S/C22H20OSi/c1-22(2,3)23-24-21-19-11-7-6-10-17(19)13-18-12-15-8-4-5-9-16(15)14-20(18)21/h4-14H,1-3H3. The zero-order valence-corrected chi connectivity index (χ0v) is 15.3. The van der Waals surface area contributed by atoms with Crippen molar-refractivity contribution >= 4 is 47.3 Å². The van der Waals surface area contributed by atoms with Gasteiger partial charge in [-0.3, -0.25) is 0 Å². The summed E-state index contributed by atoms with van der Waals surface area (Å²) in [6, 6.07) is 24.1. The van der Waals surface area contributed by atoms with Crippen molar-refractivity contribution < 1.29 is 4.43 Å². The van der Waals surface area contributed by atoms with E-state index >= 15 is 0 Å². The van der Waals surface area contributed by atoms with Crippen LogP contribution in [-0.2, 0) is 4.43 Å². The molecule has 0 fully saturated rings. The first-order valence-electron chi connectivity index (χ1n) is 8.29. The fourth-order valence-electron chi connectivity index (χ4n) is 3.07. The first-order valence-corrected chi connectivity index (χ1v) is 9.20. The van der Waals surface area contributed by atoms with Crippen LogP contribution in [0.4, 0.5) is 0 Å². The molecule has 0 aliphatic rings. The lowest BCUT2D eigenvalue weighted by Crippen LogP contribution is -2.29. The maximum atomic E-state index is 6.17. The Labute approximate surface area is 145 Å². The van der Waals surface area contributed by atoms with Crippen LogP contribution >= 0.6 is 0 Å². The molecule has 0 aliphatic carbocycles. The van der Waals surface area contributed by atoms with Gasteiger partial charge in [0, 0.05) is 5.60 Å². The van der Waals surface area contributed by atoms with E-state index in [1.807, 2.05) is 0 Å². The van der Waals surface area contributed by atoms with Crippen molar-refractivity contribution in [1.82, 2.24) is 0 Å². The highest BCUT2D eigenvalue weighted by Gasteiger charge is 2.15. The zero-order valence-electron chi connectivity index (χ0n) is 14.3. The first-order chi connectivity index (χ1) is 11.5. The summed E-state index contributed by atoms with van der Waals surface area (Å²) >= 11 is 0. The summed E-state index contributed by atoms with van der Waals surface area (Å²) in [7, 11) is 0.335. The van der Waals surface area contributed by atoms with Crippen molar-refractivity contribution in [3.05, 3.63) is 66.7 Å². The quantitative estimate of drug-likeness (QED) is 0.363. The maximum absolute atomic E-state index is 6.17. The van der Waals surface area contributed by atoms with Gasteiger partial charge in [-0.25, -0.2) is 0 Å². The van der Waals surface area contributed by atoms with Gasteiger partial charge in [0.25, 0.3) is 9.76 Å². The lowest BCUT2D eigenvalue weighted by atomic mass is 9.99. The largest absolute Gasteiger partial charge is 0.407 e. The molecule has 118 valence electrons. The normalized spacial score (nSPS) is 12.3. The smallest absolute Gasteiger partial charge is 0.270 e. The lowest BCUT2D eigenvalue weighted by molar-refractivity contribution is 0.142. The van der Waals surface area contributed by atoms with Gasteiger partial charge in [-0.15, -0.1) is 0 Å². The SMILES string of the molecule is CC(C)(C)O[Si]c1c2ccccc2cc2cc3ccccc3cc12. The van der Waals surface area contributed by atoms with Gasteiger partial charge in [-0.05, 0) is 76.5 Å². The van der Waals surface area contributed by atoms with Crippen LogP contribution in [0.3, 0.4) is 0 Å². The fourth-order valence-corrected chi connectivity index (χ4v) is 4.14. The van der Waals surface area contributed by atoms with Crippen molar-refractivity contribution in [3.63, 3.8) is 0 Å². The average Bonchev–Trinajstić information content (AvgIpc) is 2.56. The maximum Gasteiger partial charge on any atom is 0.270 e. The van der Waals surface area contributed by atoms with E-state index in [9.17, 15) is 0 Å². The Bertz CT molecular complexity index is 1040. The molecular weight excluding hydrogens is 308 g/mol. The van der Waals surface area contributed by atoms with E-state index in [2.05, 4.69) is 87.5 Å². The minimum Gasteiger partial charge on any atom is -0.407 e. The first kappa shape index (κ1) is 15.4. The van der Waals surface area contributed by atoms with E-state index in [4.69, 9.17) is 4.43 Å². The van der Waals surface area contributed by atoms with Gasteiger partial charge in [-0.2, -0.15) is 0 Å². The van der Waals surface area contributed by atoms with E-state index < -0.39 is 0 Å². The summed E-state index contributed by atoms with van der Waals surface area (Å²) in [5.41, 5.74) is -0.140.